The van der Waals surface area contributed by atoms with E-state index in [1.54, 1.807) is 6.20 Å². The Hall–Kier alpha value is -1.13. The lowest BCUT2D eigenvalue weighted by Gasteiger charge is -2.11. The first-order chi connectivity index (χ1) is 8.88. The van der Waals surface area contributed by atoms with Gasteiger partial charge in [0.1, 0.15) is 6.61 Å². The van der Waals surface area contributed by atoms with E-state index in [4.69, 9.17) is 9.47 Å². The predicted molar refractivity (Wildman–Crippen MR) is 70.7 cm³/mol. The molecule has 4 heteroatoms. The van der Waals surface area contributed by atoms with Crippen LogP contribution >= 0.6 is 0 Å². The van der Waals surface area contributed by atoms with Crippen molar-refractivity contribution in [1.82, 2.24) is 10.3 Å². The largest absolute Gasteiger partial charge is 0.475 e. The molecular weight excluding hydrogens is 228 g/mol. The summed E-state index contributed by atoms with van der Waals surface area (Å²) in [5.74, 6) is 0.696. The number of aromatic nitrogens is 1. The molecule has 1 aromatic rings. The molecule has 4 nitrogen and oxygen atoms in total. The van der Waals surface area contributed by atoms with Crippen LogP contribution in [0.4, 0.5) is 0 Å². The monoisotopic (exact) mass is 250 g/mol. The highest BCUT2D eigenvalue weighted by molar-refractivity contribution is 5.20. The van der Waals surface area contributed by atoms with Gasteiger partial charge in [-0.1, -0.05) is 6.92 Å². The van der Waals surface area contributed by atoms with E-state index in [2.05, 4.69) is 17.2 Å². The van der Waals surface area contributed by atoms with E-state index in [0.29, 0.717) is 12.5 Å². The Bertz CT molecular complexity index is 351. The Balaban J connectivity index is 1.78. The summed E-state index contributed by atoms with van der Waals surface area (Å²) in [7, 11) is 0. The molecule has 0 saturated carbocycles. The van der Waals surface area contributed by atoms with Gasteiger partial charge in [0.2, 0.25) is 5.88 Å². The van der Waals surface area contributed by atoms with Gasteiger partial charge in [0.25, 0.3) is 0 Å². The highest BCUT2D eigenvalue weighted by atomic mass is 16.5. The molecule has 0 spiro atoms. The molecule has 2 rings (SSSR count). The van der Waals surface area contributed by atoms with Crippen molar-refractivity contribution in [3.05, 3.63) is 23.9 Å². The minimum Gasteiger partial charge on any atom is -0.475 e. The van der Waals surface area contributed by atoms with Crippen LogP contribution in [0, 0.1) is 0 Å². The summed E-state index contributed by atoms with van der Waals surface area (Å²) in [6.07, 6.45) is 5.43. The van der Waals surface area contributed by atoms with Crippen molar-refractivity contribution in [1.29, 1.82) is 0 Å². The van der Waals surface area contributed by atoms with Crippen LogP contribution in [0.2, 0.25) is 0 Å². The minimum atomic E-state index is 0.244. The Morgan fingerprint density at radius 3 is 3.28 bits per heavy atom. The number of rotatable bonds is 7. The lowest BCUT2D eigenvalue weighted by Crippen LogP contribution is -2.17. The first-order valence-corrected chi connectivity index (χ1v) is 6.78. The maximum atomic E-state index is 5.67. The molecule has 1 N–H and O–H groups in total. The topological polar surface area (TPSA) is 43.4 Å². The van der Waals surface area contributed by atoms with E-state index in [0.717, 1.165) is 39.0 Å². The van der Waals surface area contributed by atoms with Crippen molar-refractivity contribution in [2.24, 2.45) is 0 Å². The fourth-order valence-corrected chi connectivity index (χ4v) is 2.00. The Morgan fingerprint density at radius 1 is 1.56 bits per heavy atom. The summed E-state index contributed by atoms with van der Waals surface area (Å²) in [6, 6.07) is 4.01. The smallest absolute Gasteiger partial charge is 0.213 e. The van der Waals surface area contributed by atoms with Crippen LogP contribution in [0.3, 0.4) is 0 Å². The van der Waals surface area contributed by atoms with Gasteiger partial charge in [0.05, 0.1) is 6.10 Å². The number of pyridine rings is 1. The van der Waals surface area contributed by atoms with E-state index < -0.39 is 0 Å². The summed E-state index contributed by atoms with van der Waals surface area (Å²) in [4.78, 5) is 4.22. The number of nitrogens with one attached hydrogen (secondary N) is 1. The molecule has 1 aliphatic heterocycles. The lowest BCUT2D eigenvalue weighted by atomic mass is 10.2. The van der Waals surface area contributed by atoms with Crippen molar-refractivity contribution in [3.8, 4) is 5.88 Å². The predicted octanol–water partition coefficient (Wildman–Crippen LogP) is 2.14. The summed E-state index contributed by atoms with van der Waals surface area (Å²) < 4.78 is 11.2. The van der Waals surface area contributed by atoms with E-state index in [1.165, 1.54) is 5.56 Å². The van der Waals surface area contributed by atoms with Gasteiger partial charge in [-0.2, -0.15) is 0 Å². The van der Waals surface area contributed by atoms with Crippen molar-refractivity contribution >= 4 is 0 Å². The van der Waals surface area contributed by atoms with E-state index in [9.17, 15) is 0 Å². The molecule has 0 aromatic carbocycles. The van der Waals surface area contributed by atoms with Gasteiger partial charge in [-0.05, 0) is 37.4 Å². The zero-order valence-corrected chi connectivity index (χ0v) is 11.0. The summed E-state index contributed by atoms with van der Waals surface area (Å²) in [5.41, 5.74) is 1.21. The molecule has 1 unspecified atom stereocenters. The Morgan fingerprint density at radius 2 is 2.50 bits per heavy atom. The van der Waals surface area contributed by atoms with E-state index in [-0.39, 0.29) is 6.10 Å². The van der Waals surface area contributed by atoms with Gasteiger partial charge in [-0.3, -0.25) is 0 Å². The summed E-state index contributed by atoms with van der Waals surface area (Å²) in [5, 5.41) is 3.37. The second-order valence-corrected chi connectivity index (χ2v) is 4.63. The van der Waals surface area contributed by atoms with Gasteiger partial charge in [-0.15, -0.1) is 0 Å². The maximum Gasteiger partial charge on any atom is 0.213 e. The first-order valence-electron chi connectivity index (χ1n) is 6.78. The number of hydrogen-bond donors (Lipinski definition) is 1. The fraction of sp³-hybridized carbons (Fsp3) is 0.643. The molecule has 1 aliphatic rings. The van der Waals surface area contributed by atoms with Gasteiger partial charge < -0.3 is 14.8 Å². The van der Waals surface area contributed by atoms with Gasteiger partial charge in [0.15, 0.2) is 0 Å². The van der Waals surface area contributed by atoms with Crippen molar-refractivity contribution in [3.63, 3.8) is 0 Å². The molecule has 0 bridgehead atoms. The third-order valence-corrected chi connectivity index (χ3v) is 3.00. The first kappa shape index (κ1) is 13.3. The number of hydrogen-bond acceptors (Lipinski definition) is 4. The third-order valence-electron chi connectivity index (χ3n) is 3.00. The molecular formula is C14H22N2O2. The van der Waals surface area contributed by atoms with Gasteiger partial charge >= 0.3 is 0 Å². The quantitative estimate of drug-likeness (QED) is 0.753. The second-order valence-electron chi connectivity index (χ2n) is 4.63. The van der Waals surface area contributed by atoms with Gasteiger partial charge in [-0.25, -0.2) is 4.98 Å². The SMILES string of the molecule is CCCNCc1ccnc(OCC2CCCO2)c1. The number of ether oxygens (including phenoxy) is 2. The van der Waals surface area contributed by atoms with Crippen LogP contribution < -0.4 is 10.1 Å². The normalized spacial score (nSPS) is 19.1. The van der Waals surface area contributed by atoms with Crippen LogP contribution in [0.1, 0.15) is 31.7 Å². The Labute approximate surface area is 109 Å². The average molecular weight is 250 g/mol. The molecule has 0 amide bonds. The number of nitrogens with zero attached hydrogens (tertiary/aromatic N) is 1. The third kappa shape index (κ3) is 4.27. The van der Waals surface area contributed by atoms with Crippen molar-refractivity contribution in [2.45, 2.75) is 38.8 Å². The molecule has 1 aromatic heterocycles. The van der Waals surface area contributed by atoms with Gasteiger partial charge in [0, 0.05) is 25.4 Å². The molecule has 2 heterocycles. The lowest BCUT2D eigenvalue weighted by molar-refractivity contribution is 0.0663. The molecule has 18 heavy (non-hydrogen) atoms. The maximum absolute atomic E-state index is 5.67. The molecule has 1 fully saturated rings. The van der Waals surface area contributed by atoms with Crippen LogP contribution in [-0.2, 0) is 11.3 Å². The summed E-state index contributed by atoms with van der Waals surface area (Å²) >= 11 is 0. The average Bonchev–Trinajstić information content (AvgIpc) is 2.90. The molecule has 1 saturated heterocycles. The molecule has 0 aliphatic carbocycles. The van der Waals surface area contributed by atoms with E-state index >= 15 is 0 Å². The highest BCUT2D eigenvalue weighted by Crippen LogP contribution is 2.15. The second kappa shape index (κ2) is 7.34. The zero-order valence-electron chi connectivity index (χ0n) is 11.0. The fourth-order valence-electron chi connectivity index (χ4n) is 2.00. The molecule has 100 valence electrons. The van der Waals surface area contributed by atoms with Crippen molar-refractivity contribution in [2.75, 3.05) is 19.8 Å². The Kier molecular flexibility index (Phi) is 5.42. The highest BCUT2D eigenvalue weighted by Gasteiger charge is 2.16. The van der Waals surface area contributed by atoms with Crippen LogP contribution in [0.15, 0.2) is 18.3 Å². The van der Waals surface area contributed by atoms with E-state index in [1.807, 2.05) is 12.1 Å². The molecule has 1 atom stereocenters. The standard InChI is InChI=1S/C14H22N2O2/c1-2-6-15-10-12-5-7-16-14(9-12)18-11-13-4-3-8-17-13/h5,7,9,13,15H,2-4,6,8,10-11H2,1H3. The van der Waals surface area contributed by atoms with Crippen LogP contribution in [0.5, 0.6) is 5.88 Å². The van der Waals surface area contributed by atoms with Crippen LogP contribution in [-0.4, -0.2) is 30.8 Å². The minimum absolute atomic E-state index is 0.244. The zero-order chi connectivity index (χ0) is 12.6. The molecule has 0 radical (unpaired) electrons. The van der Waals surface area contributed by atoms with Crippen LogP contribution in [0.25, 0.3) is 0 Å². The summed E-state index contributed by atoms with van der Waals surface area (Å²) in [6.45, 7) is 5.54. The van der Waals surface area contributed by atoms with Crippen molar-refractivity contribution < 1.29 is 9.47 Å².